The van der Waals surface area contributed by atoms with Crippen molar-refractivity contribution in [2.45, 2.75) is 133 Å². The van der Waals surface area contributed by atoms with Crippen molar-refractivity contribution in [2.75, 3.05) is 12.4 Å². The molecule has 0 radical (unpaired) electrons. The molecule has 5 aromatic carbocycles. The summed E-state index contributed by atoms with van der Waals surface area (Å²) in [6, 6.07) is 53.8. The fourth-order valence-corrected chi connectivity index (χ4v) is 20.7. The fourth-order valence-electron chi connectivity index (χ4n) is 9.22. The number of aromatic nitrogens is 4. The average Bonchev–Trinajstić information content (AvgIpc) is 3.93. The van der Waals surface area contributed by atoms with Gasteiger partial charge < -0.3 is 18.0 Å². The zero-order valence-corrected chi connectivity index (χ0v) is 44.2. The molecule has 4 atom stereocenters. The predicted octanol–water partition coefficient (Wildman–Crippen LogP) is 10.2. The Balaban J connectivity index is 1.35. The van der Waals surface area contributed by atoms with E-state index < -0.39 is 25.0 Å². The summed E-state index contributed by atoms with van der Waals surface area (Å²) in [5, 5.41) is 18.3. The lowest BCUT2D eigenvalue weighted by Gasteiger charge is -2.46. The number of nitrogens with zero attached hydrogens (tertiary/aromatic N) is 4. The number of thioether (sulfide) groups is 1. The Morgan fingerprint density at radius 1 is 0.631 bits per heavy atom. The summed E-state index contributed by atoms with van der Waals surface area (Å²) in [6.45, 7) is 26.2. The number of benzene rings is 5. The van der Waals surface area contributed by atoms with Crippen LogP contribution in [0.1, 0.15) is 75.2 Å². The summed E-state index contributed by atoms with van der Waals surface area (Å²) in [5.74, 6) is 0.582. The van der Waals surface area contributed by atoms with Gasteiger partial charge in [0, 0.05) is 18.8 Å². The van der Waals surface area contributed by atoms with Gasteiger partial charge in [-0.2, -0.15) is 4.68 Å². The van der Waals surface area contributed by atoms with Crippen molar-refractivity contribution >= 4 is 57.5 Å². The van der Waals surface area contributed by atoms with Crippen molar-refractivity contribution in [1.82, 2.24) is 20.2 Å². The summed E-state index contributed by atoms with van der Waals surface area (Å²) in [7, 11) is -8.15. The molecule has 12 heteroatoms. The quantitative estimate of drug-likeness (QED) is 0.0661. The number of ether oxygens (including phenoxy) is 1. The number of para-hydroxylation sites is 1. The highest BCUT2D eigenvalue weighted by molar-refractivity contribution is 7.99. The van der Waals surface area contributed by atoms with Crippen LogP contribution in [0.4, 0.5) is 0 Å². The Kier molecular flexibility index (Phi) is 15.1. The standard InChI is InChI=1S/C53H70N4O4SSi3/c1-51(2,3)63(10,11)58-38-37-46(60-64(52(4,5)6,42-29-19-13-20-30-42)43-31-21-14-22-32-43)47-39-48(49(59-47)40-62-50-54-55-56-57(50)41-27-17-12-18-28-41)61-65(53(7,8)9,44-33-23-15-24-34-44)45-35-25-16-26-36-45/h12-36,46-49H,37-40H2,1-11H3/t46-,47+,48-,49+/m0/s1. The number of hydrogen-bond donors (Lipinski definition) is 0. The van der Waals surface area contributed by atoms with E-state index in [0.29, 0.717) is 30.4 Å². The van der Waals surface area contributed by atoms with Gasteiger partial charge >= 0.3 is 0 Å². The van der Waals surface area contributed by atoms with Gasteiger partial charge in [0.1, 0.15) is 0 Å². The van der Waals surface area contributed by atoms with E-state index >= 15 is 0 Å². The summed E-state index contributed by atoms with van der Waals surface area (Å²) in [4.78, 5) is 0. The van der Waals surface area contributed by atoms with E-state index in [2.05, 4.69) is 212 Å². The third kappa shape index (κ3) is 10.5. The highest BCUT2D eigenvalue weighted by atomic mass is 32.2. The normalized spacial score (nSPS) is 18.2. The van der Waals surface area contributed by atoms with Crippen molar-refractivity contribution in [1.29, 1.82) is 0 Å². The topological polar surface area (TPSA) is 80.5 Å². The molecule has 0 bridgehead atoms. The number of rotatable bonds is 17. The molecule has 65 heavy (non-hydrogen) atoms. The summed E-state index contributed by atoms with van der Waals surface area (Å²) >= 11 is 1.61. The molecule has 6 aromatic rings. The van der Waals surface area contributed by atoms with Crippen LogP contribution in [0.15, 0.2) is 157 Å². The van der Waals surface area contributed by atoms with Crippen molar-refractivity contribution in [2.24, 2.45) is 0 Å². The van der Waals surface area contributed by atoms with E-state index in [1.807, 2.05) is 35.0 Å². The Labute approximate surface area is 396 Å². The van der Waals surface area contributed by atoms with Gasteiger partial charge in [0.05, 0.1) is 30.1 Å². The SMILES string of the molecule is CC(C)(C)[Si](C)(C)OCC[C@H](O[Si](c1ccccc1)(c1ccccc1)C(C)(C)C)[C@H]1C[C@H](O[Si](c2ccccc2)(c2ccccc2)C(C)(C)C)[C@@H](CSc2nnnn2-c2ccccc2)O1. The average molecular weight is 943 g/mol. The van der Waals surface area contributed by atoms with Crippen LogP contribution in [-0.4, -0.2) is 81.9 Å². The van der Waals surface area contributed by atoms with E-state index in [4.69, 9.17) is 18.0 Å². The molecule has 1 fully saturated rings. The molecule has 1 aromatic heterocycles. The second kappa shape index (κ2) is 20.1. The molecular formula is C53H70N4O4SSi3. The minimum absolute atomic E-state index is 0.0669. The molecule has 0 aliphatic carbocycles. The maximum Gasteiger partial charge on any atom is 0.261 e. The fraction of sp³-hybridized carbons (Fsp3) is 0.415. The summed E-state index contributed by atoms with van der Waals surface area (Å²) in [5.41, 5.74) is 0.908. The van der Waals surface area contributed by atoms with Gasteiger partial charge in [0.2, 0.25) is 5.16 Å². The van der Waals surface area contributed by atoms with Crippen molar-refractivity contribution in [3.63, 3.8) is 0 Å². The van der Waals surface area contributed by atoms with Gasteiger partial charge in [0.15, 0.2) is 8.32 Å². The summed E-state index contributed by atoms with van der Waals surface area (Å²) in [6.07, 6.45) is 0.160. The Hall–Kier alpha value is -3.99. The maximum atomic E-state index is 8.11. The second-order valence-corrected chi connectivity index (χ2v) is 35.3. The lowest BCUT2D eigenvalue weighted by molar-refractivity contribution is -0.0340. The van der Waals surface area contributed by atoms with Crippen LogP contribution < -0.4 is 20.7 Å². The first-order valence-electron chi connectivity index (χ1n) is 23.2. The van der Waals surface area contributed by atoms with Gasteiger partial charge in [-0.3, -0.25) is 0 Å². The van der Waals surface area contributed by atoms with Gasteiger partial charge in [-0.1, -0.05) is 214 Å². The molecule has 2 heterocycles. The number of tetrazole rings is 1. The van der Waals surface area contributed by atoms with Crippen molar-refractivity contribution in [3.05, 3.63) is 152 Å². The minimum Gasteiger partial charge on any atom is -0.417 e. The van der Waals surface area contributed by atoms with Crippen LogP contribution >= 0.6 is 11.8 Å². The van der Waals surface area contributed by atoms with E-state index in [-0.39, 0.29) is 39.5 Å². The van der Waals surface area contributed by atoms with Crippen LogP contribution in [0.25, 0.3) is 5.69 Å². The third-order valence-electron chi connectivity index (χ3n) is 13.6. The van der Waals surface area contributed by atoms with Crippen LogP contribution in [0.2, 0.25) is 28.2 Å². The molecule has 1 aliphatic heterocycles. The summed E-state index contributed by atoms with van der Waals surface area (Å²) < 4.78 is 32.5. The highest BCUT2D eigenvalue weighted by Gasteiger charge is 2.56. The van der Waals surface area contributed by atoms with Gasteiger partial charge in [-0.05, 0) is 77.9 Å². The molecule has 0 amide bonds. The van der Waals surface area contributed by atoms with Crippen LogP contribution in [0, 0.1) is 0 Å². The molecule has 344 valence electrons. The first kappa shape index (κ1) is 48.9. The monoisotopic (exact) mass is 942 g/mol. The van der Waals surface area contributed by atoms with Crippen molar-refractivity contribution < 1.29 is 18.0 Å². The Bertz CT molecular complexity index is 2310. The molecular weight excluding hydrogens is 873 g/mol. The molecule has 0 N–H and O–H groups in total. The Morgan fingerprint density at radius 3 is 1.52 bits per heavy atom. The smallest absolute Gasteiger partial charge is 0.261 e. The second-order valence-electron chi connectivity index (χ2n) is 21.0. The molecule has 1 saturated heterocycles. The zero-order valence-electron chi connectivity index (χ0n) is 40.4. The largest absolute Gasteiger partial charge is 0.417 e. The molecule has 1 aliphatic rings. The number of hydrogen-bond acceptors (Lipinski definition) is 8. The van der Waals surface area contributed by atoms with Crippen LogP contribution in [0.3, 0.4) is 0 Å². The van der Waals surface area contributed by atoms with Crippen LogP contribution in [0.5, 0.6) is 0 Å². The van der Waals surface area contributed by atoms with E-state index in [1.54, 1.807) is 11.8 Å². The van der Waals surface area contributed by atoms with E-state index in [9.17, 15) is 0 Å². The zero-order chi connectivity index (χ0) is 46.5. The van der Waals surface area contributed by atoms with Crippen molar-refractivity contribution in [3.8, 4) is 5.69 Å². The van der Waals surface area contributed by atoms with Crippen LogP contribution in [-0.2, 0) is 18.0 Å². The van der Waals surface area contributed by atoms with Gasteiger partial charge in [-0.25, -0.2) is 0 Å². The molecule has 7 rings (SSSR count). The molecule has 0 saturated carbocycles. The molecule has 8 nitrogen and oxygen atoms in total. The molecule has 0 spiro atoms. The Morgan fingerprint density at radius 2 is 1.08 bits per heavy atom. The third-order valence-corrected chi connectivity index (χ3v) is 29.3. The van der Waals surface area contributed by atoms with Gasteiger partial charge in [0.25, 0.3) is 16.6 Å². The maximum absolute atomic E-state index is 8.11. The highest BCUT2D eigenvalue weighted by Crippen LogP contribution is 2.44. The first-order valence-corrected chi connectivity index (χ1v) is 30.9. The first-order chi connectivity index (χ1) is 30.9. The van der Waals surface area contributed by atoms with E-state index in [0.717, 1.165) is 5.69 Å². The lowest BCUT2D eigenvalue weighted by atomic mass is 10.1. The molecule has 0 unspecified atom stereocenters. The van der Waals surface area contributed by atoms with E-state index in [1.165, 1.54) is 20.7 Å². The van der Waals surface area contributed by atoms with Gasteiger partial charge in [-0.15, -0.1) is 5.10 Å². The predicted molar refractivity (Wildman–Crippen MR) is 276 cm³/mol. The lowest BCUT2D eigenvalue weighted by Crippen LogP contribution is -2.68. The minimum atomic E-state index is -3.04.